The molecule has 0 aliphatic rings. The molecule has 0 saturated carbocycles. The fraction of sp³-hybridized carbons (Fsp3) is 0.304. The van der Waals surface area contributed by atoms with Crippen LogP contribution in [0.4, 0.5) is 17.6 Å². The van der Waals surface area contributed by atoms with Gasteiger partial charge < -0.3 is 9.73 Å². The minimum atomic E-state index is -4.45. The quantitative estimate of drug-likeness (QED) is 0.482. The molecule has 0 radical (unpaired) electrons. The molecule has 0 unspecified atom stereocenters. The van der Waals surface area contributed by atoms with Crippen molar-refractivity contribution < 1.29 is 26.8 Å². The summed E-state index contributed by atoms with van der Waals surface area (Å²) in [4.78, 5) is 18.1. The van der Waals surface area contributed by atoms with Gasteiger partial charge in [0.2, 0.25) is 5.89 Å². The van der Waals surface area contributed by atoms with Crippen LogP contribution < -0.4 is 5.32 Å². The molecule has 0 aliphatic carbocycles. The van der Waals surface area contributed by atoms with E-state index in [1.54, 1.807) is 23.1 Å². The molecule has 3 aromatic rings. The number of nitrogens with zero attached hydrogens (tertiary/aromatic N) is 2. The zero-order valence-electron chi connectivity index (χ0n) is 17.6. The third-order valence-corrected chi connectivity index (χ3v) is 4.52. The fourth-order valence-corrected chi connectivity index (χ4v) is 3.18. The van der Waals surface area contributed by atoms with Crippen molar-refractivity contribution in [1.29, 1.82) is 0 Å². The van der Waals surface area contributed by atoms with Crippen LogP contribution in [0.1, 0.15) is 46.9 Å². The van der Waals surface area contributed by atoms with Crippen LogP contribution in [0.5, 0.6) is 0 Å². The SMILES string of the molecule is CC(C)NC(=O)c1coc(CN(Cc2cccc(F)c2)Cc2cccc(C(F)(F)F)c2)n1. The standard InChI is InChI=1S/C23H23F4N3O2/c1-15(2)28-22(31)20-14-32-21(29-20)13-30(12-17-6-4-8-19(24)10-17)11-16-5-3-7-18(9-16)23(25,26)27/h3-10,14-15H,11-13H2,1-2H3,(H,28,31). The molecule has 1 aromatic heterocycles. The zero-order chi connectivity index (χ0) is 23.3. The molecule has 2 aromatic carbocycles. The second-order valence-electron chi connectivity index (χ2n) is 7.73. The first-order valence-electron chi connectivity index (χ1n) is 9.98. The highest BCUT2D eigenvalue weighted by molar-refractivity contribution is 5.92. The van der Waals surface area contributed by atoms with Crippen LogP contribution >= 0.6 is 0 Å². The van der Waals surface area contributed by atoms with Gasteiger partial charge in [-0.1, -0.05) is 30.3 Å². The van der Waals surface area contributed by atoms with E-state index in [0.29, 0.717) is 11.1 Å². The highest BCUT2D eigenvalue weighted by Crippen LogP contribution is 2.30. The summed E-state index contributed by atoms with van der Waals surface area (Å²) in [6.45, 7) is 4.12. The Morgan fingerprint density at radius 2 is 1.72 bits per heavy atom. The summed E-state index contributed by atoms with van der Waals surface area (Å²) in [7, 11) is 0. The number of hydrogen-bond donors (Lipinski definition) is 1. The first-order chi connectivity index (χ1) is 15.1. The van der Waals surface area contributed by atoms with E-state index in [0.717, 1.165) is 12.1 Å². The Morgan fingerprint density at radius 3 is 2.34 bits per heavy atom. The molecule has 0 saturated heterocycles. The van der Waals surface area contributed by atoms with Crippen molar-refractivity contribution in [2.75, 3.05) is 0 Å². The molecular formula is C23H23F4N3O2. The summed E-state index contributed by atoms with van der Waals surface area (Å²) in [5, 5.41) is 2.71. The van der Waals surface area contributed by atoms with E-state index < -0.39 is 17.6 Å². The van der Waals surface area contributed by atoms with Crippen LogP contribution in [0.2, 0.25) is 0 Å². The van der Waals surface area contributed by atoms with Crippen LogP contribution in [0, 0.1) is 5.82 Å². The van der Waals surface area contributed by atoms with Crippen molar-refractivity contribution in [2.45, 2.75) is 45.7 Å². The molecule has 3 rings (SSSR count). The van der Waals surface area contributed by atoms with E-state index in [2.05, 4.69) is 10.3 Å². The smallest absolute Gasteiger partial charge is 0.416 e. The number of rotatable bonds is 8. The van der Waals surface area contributed by atoms with E-state index in [1.807, 2.05) is 13.8 Å². The maximum atomic E-state index is 13.6. The third kappa shape index (κ3) is 6.65. The monoisotopic (exact) mass is 449 g/mol. The molecule has 0 atom stereocenters. The molecule has 170 valence electrons. The van der Waals surface area contributed by atoms with Gasteiger partial charge in [0.1, 0.15) is 12.1 Å². The van der Waals surface area contributed by atoms with Crippen molar-refractivity contribution in [3.05, 3.63) is 88.9 Å². The van der Waals surface area contributed by atoms with Crippen LogP contribution in [0.25, 0.3) is 0 Å². The van der Waals surface area contributed by atoms with Gasteiger partial charge in [-0.25, -0.2) is 9.37 Å². The number of amides is 1. The third-order valence-electron chi connectivity index (χ3n) is 4.52. The molecule has 0 aliphatic heterocycles. The second kappa shape index (κ2) is 9.95. The summed E-state index contributed by atoms with van der Waals surface area (Å²) in [5.74, 6) is -0.572. The summed E-state index contributed by atoms with van der Waals surface area (Å²) < 4.78 is 58.3. The minimum absolute atomic E-state index is 0.0759. The lowest BCUT2D eigenvalue weighted by molar-refractivity contribution is -0.137. The van der Waals surface area contributed by atoms with E-state index >= 15 is 0 Å². The van der Waals surface area contributed by atoms with Crippen LogP contribution in [0.15, 0.2) is 59.2 Å². The summed E-state index contributed by atoms with van der Waals surface area (Å²) in [6.07, 6.45) is -3.22. The van der Waals surface area contributed by atoms with Gasteiger partial charge in [-0.3, -0.25) is 9.69 Å². The maximum Gasteiger partial charge on any atom is 0.416 e. The van der Waals surface area contributed by atoms with Gasteiger partial charge in [0.05, 0.1) is 12.1 Å². The molecule has 9 heteroatoms. The van der Waals surface area contributed by atoms with Crippen LogP contribution in [0.3, 0.4) is 0 Å². The number of benzene rings is 2. The minimum Gasteiger partial charge on any atom is -0.447 e. The van der Waals surface area contributed by atoms with E-state index in [1.165, 1.54) is 24.5 Å². The number of carbonyl (C=O) groups excluding carboxylic acids is 1. The number of oxazole rings is 1. The molecule has 1 N–H and O–H groups in total. The molecule has 1 amide bonds. The Morgan fingerprint density at radius 1 is 1.06 bits per heavy atom. The van der Waals surface area contributed by atoms with Gasteiger partial charge in [0.15, 0.2) is 5.69 Å². The predicted molar refractivity (Wildman–Crippen MR) is 110 cm³/mol. The zero-order valence-corrected chi connectivity index (χ0v) is 17.6. The first kappa shape index (κ1) is 23.5. The van der Waals surface area contributed by atoms with Gasteiger partial charge in [0.25, 0.3) is 5.91 Å². The van der Waals surface area contributed by atoms with Crippen LogP contribution in [-0.2, 0) is 25.8 Å². The lowest BCUT2D eigenvalue weighted by atomic mass is 10.1. The van der Waals surface area contributed by atoms with Gasteiger partial charge >= 0.3 is 6.18 Å². The van der Waals surface area contributed by atoms with Gasteiger partial charge in [-0.05, 0) is 43.2 Å². The average Bonchev–Trinajstić information content (AvgIpc) is 3.16. The number of nitrogens with one attached hydrogen (secondary N) is 1. The molecule has 0 bridgehead atoms. The fourth-order valence-electron chi connectivity index (χ4n) is 3.18. The van der Waals surface area contributed by atoms with Crippen molar-refractivity contribution >= 4 is 5.91 Å². The number of halogens is 4. The normalized spacial score (nSPS) is 11.9. The predicted octanol–water partition coefficient (Wildman–Crippen LogP) is 5.17. The molecule has 0 fully saturated rings. The number of hydrogen-bond acceptors (Lipinski definition) is 4. The summed E-state index contributed by atoms with van der Waals surface area (Å²) >= 11 is 0. The number of carbonyl (C=O) groups is 1. The van der Waals surface area contributed by atoms with Gasteiger partial charge in [0, 0.05) is 19.1 Å². The largest absolute Gasteiger partial charge is 0.447 e. The van der Waals surface area contributed by atoms with Crippen LogP contribution in [-0.4, -0.2) is 21.8 Å². The Labute approximate surface area is 183 Å². The Balaban J connectivity index is 1.82. The van der Waals surface area contributed by atoms with Gasteiger partial charge in [-0.15, -0.1) is 0 Å². The van der Waals surface area contributed by atoms with E-state index in [-0.39, 0.29) is 43.2 Å². The lowest BCUT2D eigenvalue weighted by Gasteiger charge is -2.21. The highest BCUT2D eigenvalue weighted by Gasteiger charge is 2.30. The maximum absolute atomic E-state index is 13.6. The first-order valence-corrected chi connectivity index (χ1v) is 9.98. The summed E-state index contributed by atoms with van der Waals surface area (Å²) in [6, 6.07) is 10.9. The molecule has 0 spiro atoms. The number of alkyl halides is 3. The van der Waals surface area contributed by atoms with E-state index in [9.17, 15) is 22.4 Å². The molecule has 1 heterocycles. The Hall–Kier alpha value is -3.20. The van der Waals surface area contributed by atoms with Crippen molar-refractivity contribution in [3.8, 4) is 0 Å². The molecule has 5 nitrogen and oxygen atoms in total. The Kier molecular flexibility index (Phi) is 7.29. The Bertz CT molecular complexity index is 1060. The van der Waals surface area contributed by atoms with E-state index in [4.69, 9.17) is 4.42 Å². The molecular weight excluding hydrogens is 426 g/mol. The van der Waals surface area contributed by atoms with Crippen molar-refractivity contribution in [2.24, 2.45) is 0 Å². The summed E-state index contributed by atoms with van der Waals surface area (Å²) in [5.41, 5.74) is 0.435. The second-order valence-corrected chi connectivity index (χ2v) is 7.73. The topological polar surface area (TPSA) is 58.4 Å². The number of aromatic nitrogens is 1. The van der Waals surface area contributed by atoms with Gasteiger partial charge in [-0.2, -0.15) is 13.2 Å². The average molecular weight is 449 g/mol. The molecule has 32 heavy (non-hydrogen) atoms. The highest BCUT2D eigenvalue weighted by atomic mass is 19.4. The van der Waals surface area contributed by atoms with Crippen molar-refractivity contribution in [3.63, 3.8) is 0 Å². The van der Waals surface area contributed by atoms with Crippen molar-refractivity contribution in [1.82, 2.24) is 15.2 Å². The lowest BCUT2D eigenvalue weighted by Crippen LogP contribution is -2.30.